The molecule has 19 heavy (non-hydrogen) atoms. The van der Waals surface area contributed by atoms with E-state index in [1.807, 2.05) is 7.05 Å². The quantitative estimate of drug-likeness (QED) is 0.874. The first-order chi connectivity index (χ1) is 9.28. The standard InChI is InChI=1S/C14H23N5/c1-15-9-11-3-6-14(17-16-11)19-8-7-12-4-5-13(10-19)18(12)2/h3,6,12-13,15H,4-5,7-10H2,1-2H3. The molecule has 0 aromatic carbocycles. The summed E-state index contributed by atoms with van der Waals surface area (Å²) in [7, 11) is 4.20. The second-order valence-electron chi connectivity index (χ2n) is 5.70. The van der Waals surface area contributed by atoms with Crippen LogP contribution in [0.3, 0.4) is 0 Å². The number of fused-ring (bicyclic) bond motifs is 2. The highest BCUT2D eigenvalue weighted by Gasteiger charge is 2.34. The molecule has 1 N–H and O–H groups in total. The number of rotatable bonds is 3. The Bertz CT molecular complexity index is 418. The van der Waals surface area contributed by atoms with Gasteiger partial charge in [-0.2, -0.15) is 5.10 Å². The van der Waals surface area contributed by atoms with Gasteiger partial charge in [0, 0.05) is 31.7 Å². The summed E-state index contributed by atoms with van der Waals surface area (Å²) in [4.78, 5) is 4.96. The Labute approximate surface area is 115 Å². The molecule has 2 fully saturated rings. The number of hydrogen-bond donors (Lipinski definition) is 1. The number of aromatic nitrogens is 2. The molecule has 104 valence electrons. The minimum absolute atomic E-state index is 0.686. The molecule has 0 amide bonds. The highest BCUT2D eigenvalue weighted by Crippen LogP contribution is 2.29. The van der Waals surface area contributed by atoms with E-state index in [1.165, 1.54) is 19.3 Å². The van der Waals surface area contributed by atoms with Gasteiger partial charge in [-0.15, -0.1) is 5.10 Å². The van der Waals surface area contributed by atoms with Gasteiger partial charge in [0.25, 0.3) is 0 Å². The van der Waals surface area contributed by atoms with Gasteiger partial charge in [0.15, 0.2) is 5.82 Å². The summed E-state index contributed by atoms with van der Waals surface area (Å²) in [5, 5.41) is 11.8. The van der Waals surface area contributed by atoms with Gasteiger partial charge in [-0.25, -0.2) is 0 Å². The molecule has 3 heterocycles. The van der Waals surface area contributed by atoms with Crippen molar-refractivity contribution in [2.24, 2.45) is 0 Å². The summed E-state index contributed by atoms with van der Waals surface area (Å²) >= 11 is 0. The minimum Gasteiger partial charge on any atom is -0.354 e. The van der Waals surface area contributed by atoms with E-state index in [9.17, 15) is 0 Å². The van der Waals surface area contributed by atoms with E-state index in [1.54, 1.807) is 0 Å². The molecule has 3 rings (SSSR count). The Morgan fingerprint density at radius 1 is 1.21 bits per heavy atom. The maximum Gasteiger partial charge on any atom is 0.151 e. The van der Waals surface area contributed by atoms with Crippen molar-refractivity contribution in [3.8, 4) is 0 Å². The van der Waals surface area contributed by atoms with Crippen LogP contribution in [0.15, 0.2) is 12.1 Å². The van der Waals surface area contributed by atoms with Crippen LogP contribution in [-0.2, 0) is 6.54 Å². The zero-order valence-electron chi connectivity index (χ0n) is 11.8. The van der Waals surface area contributed by atoms with Crippen molar-refractivity contribution >= 4 is 5.82 Å². The summed E-state index contributed by atoms with van der Waals surface area (Å²) in [5.41, 5.74) is 1.000. The summed E-state index contributed by atoms with van der Waals surface area (Å²) in [5.74, 6) is 1.03. The lowest BCUT2D eigenvalue weighted by atomic mass is 10.1. The molecule has 0 aliphatic carbocycles. The van der Waals surface area contributed by atoms with Crippen molar-refractivity contribution < 1.29 is 0 Å². The molecule has 1 aromatic rings. The molecule has 2 bridgehead atoms. The van der Waals surface area contributed by atoms with Crippen LogP contribution in [0.25, 0.3) is 0 Å². The second kappa shape index (κ2) is 5.43. The van der Waals surface area contributed by atoms with E-state index < -0.39 is 0 Å². The van der Waals surface area contributed by atoms with Crippen LogP contribution in [0.4, 0.5) is 5.82 Å². The molecule has 0 saturated carbocycles. The number of nitrogens with zero attached hydrogens (tertiary/aromatic N) is 4. The monoisotopic (exact) mass is 261 g/mol. The Kier molecular flexibility index (Phi) is 3.66. The third-order valence-electron chi connectivity index (χ3n) is 4.54. The second-order valence-corrected chi connectivity index (χ2v) is 5.70. The maximum atomic E-state index is 4.39. The molecular formula is C14H23N5. The number of likely N-dealkylation sites (N-methyl/N-ethyl adjacent to an activating group) is 1. The minimum atomic E-state index is 0.686. The lowest BCUT2D eigenvalue weighted by Crippen LogP contribution is -2.37. The molecule has 0 radical (unpaired) electrons. The van der Waals surface area contributed by atoms with Crippen molar-refractivity contribution in [1.29, 1.82) is 0 Å². The fraction of sp³-hybridized carbons (Fsp3) is 0.714. The van der Waals surface area contributed by atoms with E-state index in [0.29, 0.717) is 6.04 Å². The van der Waals surface area contributed by atoms with Crippen molar-refractivity contribution in [3.05, 3.63) is 17.8 Å². The average molecular weight is 261 g/mol. The predicted octanol–water partition coefficient (Wildman–Crippen LogP) is 0.869. The van der Waals surface area contributed by atoms with Gasteiger partial charge in [0.05, 0.1) is 5.69 Å². The summed E-state index contributed by atoms with van der Waals surface area (Å²) < 4.78 is 0. The van der Waals surface area contributed by atoms with Crippen LogP contribution in [0, 0.1) is 0 Å². The zero-order chi connectivity index (χ0) is 13.2. The van der Waals surface area contributed by atoms with Gasteiger partial charge >= 0.3 is 0 Å². The van der Waals surface area contributed by atoms with Crippen LogP contribution < -0.4 is 10.2 Å². The van der Waals surface area contributed by atoms with Crippen molar-refractivity contribution in [1.82, 2.24) is 20.4 Å². The summed E-state index contributed by atoms with van der Waals surface area (Å²) in [6, 6.07) is 5.64. The normalized spacial score (nSPS) is 27.6. The van der Waals surface area contributed by atoms with Crippen LogP contribution in [0.2, 0.25) is 0 Å². The zero-order valence-corrected chi connectivity index (χ0v) is 11.8. The Balaban J connectivity index is 1.71. The third kappa shape index (κ3) is 2.58. The molecule has 2 aliphatic heterocycles. The molecule has 5 heteroatoms. The Morgan fingerprint density at radius 3 is 2.79 bits per heavy atom. The molecular weight excluding hydrogens is 238 g/mol. The lowest BCUT2D eigenvalue weighted by molar-refractivity contribution is 0.254. The van der Waals surface area contributed by atoms with Crippen LogP contribution in [-0.4, -0.2) is 54.4 Å². The molecule has 5 nitrogen and oxygen atoms in total. The first-order valence-electron chi connectivity index (χ1n) is 7.22. The molecule has 2 aliphatic rings. The van der Waals surface area contributed by atoms with Gasteiger partial charge in [-0.05, 0) is 45.5 Å². The Morgan fingerprint density at radius 2 is 2.05 bits per heavy atom. The first kappa shape index (κ1) is 12.8. The van der Waals surface area contributed by atoms with E-state index in [-0.39, 0.29) is 0 Å². The van der Waals surface area contributed by atoms with E-state index in [2.05, 4.69) is 44.5 Å². The highest BCUT2D eigenvalue weighted by molar-refractivity contribution is 5.38. The largest absolute Gasteiger partial charge is 0.354 e. The van der Waals surface area contributed by atoms with Crippen molar-refractivity contribution in [2.75, 3.05) is 32.1 Å². The molecule has 2 saturated heterocycles. The number of anilines is 1. The van der Waals surface area contributed by atoms with Gasteiger partial charge < -0.3 is 10.2 Å². The predicted molar refractivity (Wildman–Crippen MR) is 76.2 cm³/mol. The van der Waals surface area contributed by atoms with Gasteiger partial charge in [-0.1, -0.05) is 0 Å². The maximum absolute atomic E-state index is 4.39. The topological polar surface area (TPSA) is 44.3 Å². The van der Waals surface area contributed by atoms with Crippen molar-refractivity contribution in [3.63, 3.8) is 0 Å². The van der Waals surface area contributed by atoms with E-state index in [0.717, 1.165) is 37.2 Å². The molecule has 2 atom stereocenters. The van der Waals surface area contributed by atoms with E-state index in [4.69, 9.17) is 0 Å². The van der Waals surface area contributed by atoms with Gasteiger partial charge in [-0.3, -0.25) is 4.90 Å². The molecule has 0 spiro atoms. The fourth-order valence-electron chi connectivity index (χ4n) is 3.31. The molecule has 1 aromatic heterocycles. The van der Waals surface area contributed by atoms with Gasteiger partial charge in [0.2, 0.25) is 0 Å². The van der Waals surface area contributed by atoms with Gasteiger partial charge in [0.1, 0.15) is 0 Å². The Hall–Kier alpha value is -1.20. The van der Waals surface area contributed by atoms with Crippen LogP contribution >= 0.6 is 0 Å². The van der Waals surface area contributed by atoms with Crippen molar-refractivity contribution in [2.45, 2.75) is 37.9 Å². The fourth-order valence-corrected chi connectivity index (χ4v) is 3.31. The lowest BCUT2D eigenvalue weighted by Gasteiger charge is -2.26. The summed E-state index contributed by atoms with van der Waals surface area (Å²) in [6.45, 7) is 2.97. The smallest absolute Gasteiger partial charge is 0.151 e. The third-order valence-corrected chi connectivity index (χ3v) is 4.54. The average Bonchev–Trinajstić information content (AvgIpc) is 2.65. The van der Waals surface area contributed by atoms with Crippen LogP contribution in [0.1, 0.15) is 25.0 Å². The molecule has 2 unspecified atom stereocenters. The van der Waals surface area contributed by atoms with Crippen LogP contribution in [0.5, 0.6) is 0 Å². The highest BCUT2D eigenvalue weighted by atomic mass is 15.3. The summed E-state index contributed by atoms with van der Waals surface area (Å²) in [6.07, 6.45) is 3.93. The first-order valence-corrected chi connectivity index (χ1v) is 7.22. The SMILES string of the molecule is CNCc1ccc(N2CCC3CCC(C2)N3C)nn1. The number of hydrogen-bond acceptors (Lipinski definition) is 5. The van der Waals surface area contributed by atoms with E-state index >= 15 is 0 Å². The number of nitrogens with one attached hydrogen (secondary N) is 1.